The van der Waals surface area contributed by atoms with Crippen LogP contribution < -0.4 is 10.6 Å². The van der Waals surface area contributed by atoms with Gasteiger partial charge in [0.1, 0.15) is 5.82 Å². The molecule has 1 aliphatic heterocycles. The summed E-state index contributed by atoms with van der Waals surface area (Å²) in [5.74, 6) is 2.78. The minimum absolute atomic E-state index is 0. The van der Waals surface area contributed by atoms with Crippen LogP contribution in [0, 0.1) is 5.82 Å². The van der Waals surface area contributed by atoms with Gasteiger partial charge in [-0.15, -0.1) is 35.7 Å². The summed E-state index contributed by atoms with van der Waals surface area (Å²) in [4.78, 5) is 5.44. The van der Waals surface area contributed by atoms with Crippen LogP contribution in [-0.4, -0.2) is 55.6 Å². The van der Waals surface area contributed by atoms with Crippen molar-refractivity contribution in [3.8, 4) is 0 Å². The Kier molecular flexibility index (Phi) is 12.8. The molecule has 1 aromatic carbocycles. The molecule has 8 heteroatoms. The van der Waals surface area contributed by atoms with E-state index in [4.69, 9.17) is 4.74 Å². The van der Waals surface area contributed by atoms with E-state index in [1.165, 1.54) is 12.1 Å². The van der Waals surface area contributed by atoms with Gasteiger partial charge in [-0.2, -0.15) is 11.8 Å². The Hall–Kier alpha value is -0.190. The zero-order valence-electron chi connectivity index (χ0n) is 16.1. The third-order valence-corrected chi connectivity index (χ3v) is 6.90. The number of guanidine groups is 1. The van der Waals surface area contributed by atoms with Crippen LogP contribution in [0.15, 0.2) is 34.2 Å². The van der Waals surface area contributed by atoms with Gasteiger partial charge in [0.2, 0.25) is 0 Å². The van der Waals surface area contributed by atoms with Crippen LogP contribution in [0.1, 0.15) is 26.2 Å². The highest BCUT2D eigenvalue weighted by Gasteiger charge is 2.32. The number of halogens is 2. The molecule has 0 unspecified atom stereocenters. The number of benzene rings is 1. The van der Waals surface area contributed by atoms with Crippen molar-refractivity contribution in [2.75, 3.05) is 44.9 Å². The molecule has 27 heavy (non-hydrogen) atoms. The van der Waals surface area contributed by atoms with E-state index in [-0.39, 0.29) is 34.5 Å². The fourth-order valence-electron chi connectivity index (χ4n) is 2.89. The van der Waals surface area contributed by atoms with Gasteiger partial charge in [0, 0.05) is 43.0 Å². The highest BCUT2D eigenvalue weighted by atomic mass is 127. The highest BCUT2D eigenvalue weighted by molar-refractivity contribution is 14.0. The lowest BCUT2D eigenvalue weighted by molar-refractivity contribution is 0.0782. The maximum absolute atomic E-state index is 12.9. The number of nitrogens with one attached hydrogen (secondary N) is 2. The van der Waals surface area contributed by atoms with E-state index < -0.39 is 0 Å². The number of hydrogen-bond donors (Lipinski definition) is 2. The summed E-state index contributed by atoms with van der Waals surface area (Å²) < 4.78 is 18.7. The van der Waals surface area contributed by atoms with Crippen LogP contribution in [0.3, 0.4) is 0 Å². The summed E-state index contributed by atoms with van der Waals surface area (Å²) in [5.41, 5.74) is 0. The minimum Gasteiger partial charge on any atom is -0.381 e. The van der Waals surface area contributed by atoms with Gasteiger partial charge >= 0.3 is 0 Å². The molecule has 0 aromatic heterocycles. The van der Waals surface area contributed by atoms with Crippen molar-refractivity contribution in [3.05, 3.63) is 30.1 Å². The molecule has 0 amide bonds. The Balaban J connectivity index is 0.00000364. The molecule has 0 aliphatic carbocycles. The molecule has 1 aliphatic rings. The Morgan fingerprint density at radius 3 is 2.56 bits per heavy atom. The van der Waals surface area contributed by atoms with Crippen LogP contribution in [0.2, 0.25) is 0 Å². The van der Waals surface area contributed by atoms with Gasteiger partial charge in [0.15, 0.2) is 5.96 Å². The first-order valence-electron chi connectivity index (χ1n) is 9.22. The average molecular weight is 528 g/mol. The second-order valence-electron chi connectivity index (χ2n) is 6.24. The average Bonchev–Trinajstić information content (AvgIpc) is 2.66. The SMILES string of the molecule is CCSC1(CNC(=NC)NCCCSc2ccc(F)cc2)CCOCC1.I. The monoisotopic (exact) mass is 527 g/mol. The molecule has 0 radical (unpaired) electrons. The van der Waals surface area contributed by atoms with Gasteiger partial charge in [0.05, 0.1) is 0 Å². The Labute approximate surface area is 188 Å². The Morgan fingerprint density at radius 1 is 1.22 bits per heavy atom. The molecule has 1 fully saturated rings. The molecule has 2 rings (SSSR count). The topological polar surface area (TPSA) is 45.7 Å². The van der Waals surface area contributed by atoms with Crippen LogP contribution in [-0.2, 0) is 4.74 Å². The molecule has 2 N–H and O–H groups in total. The van der Waals surface area contributed by atoms with Crippen LogP contribution in [0.5, 0.6) is 0 Å². The molecule has 1 heterocycles. The summed E-state index contributed by atoms with van der Waals surface area (Å²) in [6.07, 6.45) is 3.19. The van der Waals surface area contributed by atoms with Gasteiger partial charge in [-0.1, -0.05) is 6.92 Å². The Morgan fingerprint density at radius 2 is 1.93 bits per heavy atom. The summed E-state index contributed by atoms with van der Waals surface area (Å²) in [7, 11) is 1.81. The minimum atomic E-state index is -0.186. The first kappa shape index (κ1) is 24.8. The number of hydrogen-bond acceptors (Lipinski definition) is 4. The van der Waals surface area contributed by atoms with Crippen molar-refractivity contribution in [3.63, 3.8) is 0 Å². The van der Waals surface area contributed by atoms with Gasteiger partial charge < -0.3 is 15.4 Å². The van der Waals surface area contributed by atoms with Crippen molar-refractivity contribution in [1.29, 1.82) is 0 Å². The lowest BCUT2D eigenvalue weighted by atomic mass is 9.99. The molecule has 0 bridgehead atoms. The van der Waals surface area contributed by atoms with Crippen molar-refractivity contribution in [1.82, 2.24) is 10.6 Å². The maximum atomic E-state index is 12.9. The van der Waals surface area contributed by atoms with Gasteiger partial charge in [-0.25, -0.2) is 4.39 Å². The third-order valence-electron chi connectivity index (χ3n) is 4.35. The highest BCUT2D eigenvalue weighted by Crippen LogP contribution is 2.34. The normalized spacial score (nSPS) is 16.5. The number of aliphatic imine (C=N–C) groups is 1. The van der Waals surface area contributed by atoms with E-state index in [9.17, 15) is 4.39 Å². The lowest BCUT2D eigenvalue weighted by Gasteiger charge is -2.37. The van der Waals surface area contributed by atoms with E-state index in [1.54, 1.807) is 11.8 Å². The second kappa shape index (κ2) is 13.9. The van der Waals surface area contributed by atoms with Crippen molar-refractivity contribution in [2.45, 2.75) is 35.8 Å². The molecule has 1 saturated heterocycles. The standard InChI is InChI=1S/C19H30FN3OS2.HI/c1-3-26-19(9-12-24-13-10-19)15-23-18(21-2)22-11-4-14-25-17-7-5-16(20)6-8-17;/h5-8H,3-4,9-15H2,1-2H3,(H2,21,22,23);1H. The zero-order valence-corrected chi connectivity index (χ0v) is 20.1. The van der Waals surface area contributed by atoms with Gasteiger partial charge in [-0.05, 0) is 55.0 Å². The fraction of sp³-hybridized carbons (Fsp3) is 0.632. The number of ether oxygens (including phenoxy) is 1. The first-order valence-corrected chi connectivity index (χ1v) is 11.2. The van der Waals surface area contributed by atoms with E-state index in [1.807, 2.05) is 30.9 Å². The predicted molar refractivity (Wildman–Crippen MR) is 127 cm³/mol. The van der Waals surface area contributed by atoms with Crippen LogP contribution in [0.4, 0.5) is 4.39 Å². The molecule has 0 saturated carbocycles. The molecular weight excluding hydrogens is 496 g/mol. The molecule has 4 nitrogen and oxygen atoms in total. The van der Waals surface area contributed by atoms with E-state index in [2.05, 4.69) is 22.5 Å². The van der Waals surface area contributed by atoms with Gasteiger partial charge in [0.25, 0.3) is 0 Å². The molecule has 0 spiro atoms. The lowest BCUT2D eigenvalue weighted by Crippen LogP contribution is -2.48. The van der Waals surface area contributed by atoms with Crippen molar-refractivity contribution in [2.24, 2.45) is 4.99 Å². The van der Waals surface area contributed by atoms with Gasteiger partial charge in [-0.3, -0.25) is 4.99 Å². The third kappa shape index (κ3) is 9.23. The summed E-state index contributed by atoms with van der Waals surface area (Å²) in [6, 6.07) is 6.67. The summed E-state index contributed by atoms with van der Waals surface area (Å²) >= 11 is 3.77. The number of thioether (sulfide) groups is 2. The molecule has 154 valence electrons. The summed E-state index contributed by atoms with van der Waals surface area (Å²) in [6.45, 7) is 5.69. The number of rotatable bonds is 9. The first-order chi connectivity index (χ1) is 12.7. The number of nitrogens with zero attached hydrogens (tertiary/aromatic N) is 1. The quantitative estimate of drug-likeness (QED) is 0.164. The zero-order chi connectivity index (χ0) is 18.7. The molecule has 1 aromatic rings. The van der Waals surface area contributed by atoms with Crippen molar-refractivity contribution < 1.29 is 9.13 Å². The van der Waals surface area contributed by atoms with Crippen LogP contribution >= 0.6 is 47.5 Å². The molecular formula is C19H31FIN3OS2. The van der Waals surface area contributed by atoms with E-state index >= 15 is 0 Å². The smallest absolute Gasteiger partial charge is 0.191 e. The fourth-order valence-corrected chi connectivity index (χ4v) is 4.98. The van der Waals surface area contributed by atoms with E-state index in [0.29, 0.717) is 0 Å². The Bertz CT molecular complexity index is 549. The van der Waals surface area contributed by atoms with Crippen LogP contribution in [0.25, 0.3) is 0 Å². The largest absolute Gasteiger partial charge is 0.381 e. The van der Waals surface area contributed by atoms with E-state index in [0.717, 1.165) is 67.9 Å². The predicted octanol–water partition coefficient (Wildman–Crippen LogP) is 4.39. The van der Waals surface area contributed by atoms with Crippen molar-refractivity contribution >= 4 is 53.5 Å². The summed E-state index contributed by atoms with van der Waals surface area (Å²) in [5, 5.41) is 6.88. The maximum Gasteiger partial charge on any atom is 0.191 e. The second-order valence-corrected chi connectivity index (χ2v) is 9.14. The molecule has 0 atom stereocenters.